The van der Waals surface area contributed by atoms with Gasteiger partial charge in [0.2, 0.25) is 12.1 Å². The van der Waals surface area contributed by atoms with Crippen molar-refractivity contribution in [3.8, 4) is 17.2 Å². The van der Waals surface area contributed by atoms with E-state index in [4.69, 9.17) is 14.2 Å². The van der Waals surface area contributed by atoms with Crippen LogP contribution in [0.25, 0.3) is 0 Å². The minimum Gasteiger partial charge on any atom is -0.507 e. The second-order valence-corrected chi connectivity index (χ2v) is 7.28. The normalized spacial score (nSPS) is 25.5. The molecule has 1 saturated heterocycles. The standard InChI is InChI=1S/C21H20O9/c1-8-3-10-16(14(4-8)30-21-20(27)18(25)13(23)7-29-21)19(26)15-11(17(10)24)5-9(28-2)6-12(15)22/h3-6,13,18,20-23,25,27H,7H2,1-2H3/t13-,18-,20-,21+/m0/s1. The molecule has 1 heterocycles. The van der Waals surface area contributed by atoms with Crippen molar-refractivity contribution in [3.05, 3.63) is 52.1 Å². The van der Waals surface area contributed by atoms with E-state index in [1.54, 1.807) is 6.92 Å². The highest BCUT2D eigenvalue weighted by Crippen LogP contribution is 2.40. The van der Waals surface area contributed by atoms with E-state index in [2.05, 4.69) is 0 Å². The average Bonchev–Trinajstić information content (AvgIpc) is 2.71. The number of carbonyl (C=O) groups excluding carboxylic acids is 2. The van der Waals surface area contributed by atoms with Crippen LogP contribution in [-0.4, -0.2) is 70.3 Å². The van der Waals surface area contributed by atoms with Gasteiger partial charge in [-0.15, -0.1) is 0 Å². The maximum Gasteiger partial charge on any atom is 0.228 e. The first-order valence-corrected chi connectivity index (χ1v) is 9.20. The molecule has 0 aromatic heterocycles. The summed E-state index contributed by atoms with van der Waals surface area (Å²) in [7, 11) is 1.38. The molecule has 158 valence electrons. The van der Waals surface area contributed by atoms with E-state index in [0.29, 0.717) is 5.56 Å². The van der Waals surface area contributed by atoms with Crippen LogP contribution in [0.5, 0.6) is 17.2 Å². The van der Waals surface area contributed by atoms with Gasteiger partial charge in [0.25, 0.3) is 0 Å². The van der Waals surface area contributed by atoms with E-state index in [1.807, 2.05) is 0 Å². The molecule has 2 aromatic rings. The van der Waals surface area contributed by atoms with Crippen LogP contribution in [0.2, 0.25) is 0 Å². The number of methoxy groups -OCH3 is 1. The fraction of sp³-hybridized carbons (Fsp3) is 0.333. The number of aliphatic hydroxyl groups is 3. The summed E-state index contributed by atoms with van der Waals surface area (Å²) in [6, 6.07) is 5.63. The summed E-state index contributed by atoms with van der Waals surface area (Å²) in [6.07, 6.45) is -5.74. The Kier molecular flexibility index (Phi) is 4.99. The fourth-order valence-electron chi connectivity index (χ4n) is 3.67. The average molecular weight is 416 g/mol. The monoisotopic (exact) mass is 416 g/mol. The van der Waals surface area contributed by atoms with E-state index >= 15 is 0 Å². The summed E-state index contributed by atoms with van der Waals surface area (Å²) >= 11 is 0. The van der Waals surface area contributed by atoms with Crippen molar-refractivity contribution in [1.82, 2.24) is 0 Å². The zero-order valence-corrected chi connectivity index (χ0v) is 16.2. The van der Waals surface area contributed by atoms with Crippen molar-refractivity contribution in [1.29, 1.82) is 0 Å². The van der Waals surface area contributed by atoms with Crippen LogP contribution in [-0.2, 0) is 4.74 Å². The number of aliphatic hydroxyl groups excluding tert-OH is 3. The summed E-state index contributed by atoms with van der Waals surface area (Å²) in [5, 5.41) is 40.0. The first-order chi connectivity index (χ1) is 14.2. The molecule has 9 nitrogen and oxygen atoms in total. The van der Waals surface area contributed by atoms with Crippen molar-refractivity contribution >= 4 is 11.6 Å². The molecule has 0 unspecified atom stereocenters. The van der Waals surface area contributed by atoms with Crippen LogP contribution in [0.4, 0.5) is 0 Å². The Morgan fingerprint density at radius 1 is 0.967 bits per heavy atom. The van der Waals surface area contributed by atoms with Crippen LogP contribution in [0, 0.1) is 6.92 Å². The van der Waals surface area contributed by atoms with E-state index in [9.17, 15) is 30.0 Å². The lowest BCUT2D eigenvalue weighted by atomic mass is 9.82. The molecular weight excluding hydrogens is 396 g/mol. The Morgan fingerprint density at radius 3 is 2.37 bits per heavy atom. The quantitative estimate of drug-likeness (QED) is 0.474. The molecular formula is C21H20O9. The molecule has 1 aliphatic carbocycles. The van der Waals surface area contributed by atoms with Crippen molar-refractivity contribution in [2.24, 2.45) is 0 Å². The lowest BCUT2D eigenvalue weighted by Crippen LogP contribution is -2.54. The molecule has 0 bridgehead atoms. The SMILES string of the molecule is COc1cc(O)c2c(c1)C(=O)c1cc(C)cc(O[C@H]3OC[C@H](O)[C@H](O)[C@@H]3O)c1C2=O. The van der Waals surface area contributed by atoms with Crippen LogP contribution in [0.1, 0.15) is 37.4 Å². The number of aryl methyl sites for hydroxylation is 1. The van der Waals surface area contributed by atoms with E-state index in [0.717, 1.165) is 0 Å². The molecule has 9 heteroatoms. The largest absolute Gasteiger partial charge is 0.507 e. The minimum atomic E-state index is -1.58. The van der Waals surface area contributed by atoms with Crippen LogP contribution >= 0.6 is 0 Å². The predicted molar refractivity (Wildman–Crippen MR) is 101 cm³/mol. The van der Waals surface area contributed by atoms with Crippen LogP contribution in [0.3, 0.4) is 0 Å². The number of phenols is 1. The number of phenolic OH excluding ortho intramolecular Hbond substituents is 1. The number of carbonyl (C=O) groups is 2. The maximum atomic E-state index is 13.2. The lowest BCUT2D eigenvalue weighted by molar-refractivity contribution is -0.242. The lowest BCUT2D eigenvalue weighted by Gasteiger charge is -2.35. The zero-order valence-electron chi connectivity index (χ0n) is 16.2. The summed E-state index contributed by atoms with van der Waals surface area (Å²) in [5.41, 5.74) is 0.415. The van der Waals surface area contributed by atoms with Gasteiger partial charge in [-0.1, -0.05) is 0 Å². The number of benzene rings is 2. The van der Waals surface area contributed by atoms with Crippen molar-refractivity contribution in [3.63, 3.8) is 0 Å². The predicted octanol–water partition coefficient (Wildman–Crippen LogP) is 0.302. The summed E-state index contributed by atoms with van der Waals surface area (Å²) in [6.45, 7) is 1.41. The number of hydrogen-bond donors (Lipinski definition) is 4. The van der Waals surface area contributed by atoms with Gasteiger partial charge in [-0.25, -0.2) is 0 Å². The third-order valence-corrected chi connectivity index (χ3v) is 5.21. The van der Waals surface area contributed by atoms with Crippen molar-refractivity contribution in [2.45, 2.75) is 31.5 Å². The van der Waals surface area contributed by atoms with Crippen molar-refractivity contribution in [2.75, 3.05) is 13.7 Å². The van der Waals surface area contributed by atoms with E-state index < -0.39 is 41.9 Å². The Bertz CT molecular complexity index is 1050. The van der Waals surface area contributed by atoms with Crippen molar-refractivity contribution < 1.29 is 44.2 Å². The summed E-state index contributed by atoms with van der Waals surface area (Å²) < 4.78 is 16.0. The highest BCUT2D eigenvalue weighted by Gasteiger charge is 2.41. The molecule has 1 fully saturated rings. The van der Waals surface area contributed by atoms with Gasteiger partial charge in [-0.3, -0.25) is 9.59 Å². The highest BCUT2D eigenvalue weighted by atomic mass is 16.7. The molecule has 0 radical (unpaired) electrons. The molecule has 4 atom stereocenters. The Labute approximate surface area is 171 Å². The number of rotatable bonds is 3. The van der Waals surface area contributed by atoms with Gasteiger partial charge in [-0.2, -0.15) is 0 Å². The first kappa shape index (κ1) is 20.3. The first-order valence-electron chi connectivity index (χ1n) is 9.20. The second-order valence-electron chi connectivity index (χ2n) is 7.28. The number of ether oxygens (including phenoxy) is 3. The molecule has 4 N–H and O–H groups in total. The summed E-state index contributed by atoms with van der Waals surface area (Å²) in [5.74, 6) is -1.36. The van der Waals surface area contributed by atoms with E-state index in [-0.39, 0.29) is 40.4 Å². The third kappa shape index (κ3) is 3.12. The molecule has 30 heavy (non-hydrogen) atoms. The Hall–Kier alpha value is -2.98. The zero-order chi connectivity index (χ0) is 21.7. The van der Waals surface area contributed by atoms with E-state index in [1.165, 1.54) is 31.4 Å². The van der Waals surface area contributed by atoms with Gasteiger partial charge in [0.1, 0.15) is 35.6 Å². The molecule has 1 aliphatic heterocycles. The molecule has 0 amide bonds. The number of hydrogen-bond acceptors (Lipinski definition) is 9. The van der Waals surface area contributed by atoms with Gasteiger partial charge in [0.15, 0.2) is 5.78 Å². The molecule has 2 aromatic carbocycles. The van der Waals surface area contributed by atoms with Gasteiger partial charge < -0.3 is 34.6 Å². The minimum absolute atomic E-state index is 0.00777. The topological polar surface area (TPSA) is 143 Å². The summed E-state index contributed by atoms with van der Waals surface area (Å²) in [4.78, 5) is 26.3. The number of ketones is 2. The molecule has 2 aliphatic rings. The van der Waals surface area contributed by atoms with Gasteiger partial charge in [0, 0.05) is 17.2 Å². The fourth-order valence-corrected chi connectivity index (χ4v) is 3.67. The highest BCUT2D eigenvalue weighted by molar-refractivity contribution is 6.30. The molecule has 0 spiro atoms. The van der Waals surface area contributed by atoms with Crippen LogP contribution < -0.4 is 9.47 Å². The Balaban J connectivity index is 1.80. The van der Waals surface area contributed by atoms with Gasteiger partial charge in [0.05, 0.1) is 24.8 Å². The smallest absolute Gasteiger partial charge is 0.228 e. The van der Waals surface area contributed by atoms with Gasteiger partial charge in [-0.05, 0) is 30.7 Å². The van der Waals surface area contributed by atoms with Crippen LogP contribution in [0.15, 0.2) is 24.3 Å². The third-order valence-electron chi connectivity index (χ3n) is 5.21. The number of fused-ring (bicyclic) bond motifs is 2. The molecule has 4 rings (SSSR count). The Morgan fingerprint density at radius 2 is 1.67 bits per heavy atom. The number of aromatic hydroxyl groups is 1. The van der Waals surface area contributed by atoms with Gasteiger partial charge >= 0.3 is 0 Å². The second kappa shape index (κ2) is 7.37. The molecule has 0 saturated carbocycles. The maximum absolute atomic E-state index is 13.2.